The summed E-state index contributed by atoms with van der Waals surface area (Å²) in [5.74, 6) is 2.49. The van der Waals surface area contributed by atoms with E-state index < -0.39 is 12.1 Å². The predicted molar refractivity (Wildman–Crippen MR) is 106 cm³/mol. The lowest BCUT2D eigenvalue weighted by atomic mass is 9.82. The molecule has 1 aromatic carbocycles. The van der Waals surface area contributed by atoms with Gasteiger partial charge in [0.25, 0.3) is 0 Å². The summed E-state index contributed by atoms with van der Waals surface area (Å²) in [6, 6.07) is 6.54. The fourth-order valence-electron chi connectivity index (χ4n) is 3.59. The van der Waals surface area contributed by atoms with E-state index in [1.54, 1.807) is 43.1 Å². The minimum absolute atomic E-state index is 0.0216. The van der Waals surface area contributed by atoms with Crippen LogP contribution in [0.2, 0.25) is 0 Å². The molecule has 2 aliphatic rings. The topological polar surface area (TPSA) is 93.9 Å². The van der Waals surface area contributed by atoms with Crippen LogP contribution in [-0.2, 0) is 9.53 Å². The van der Waals surface area contributed by atoms with Gasteiger partial charge in [-0.2, -0.15) is 0 Å². The van der Waals surface area contributed by atoms with E-state index in [0.29, 0.717) is 12.1 Å². The molecule has 27 heavy (non-hydrogen) atoms. The maximum Gasteiger partial charge on any atom is 0.411 e. The molecule has 1 aliphatic carbocycles. The summed E-state index contributed by atoms with van der Waals surface area (Å²) in [6.07, 6.45) is 2.53. The third-order valence-corrected chi connectivity index (χ3v) is 6.10. The lowest BCUT2D eigenvalue weighted by Crippen LogP contribution is -2.48. The van der Waals surface area contributed by atoms with E-state index in [1.165, 1.54) is 0 Å². The van der Waals surface area contributed by atoms with Gasteiger partial charge in [0, 0.05) is 18.0 Å². The van der Waals surface area contributed by atoms with Crippen LogP contribution in [-0.4, -0.2) is 54.3 Å². The number of carbonyl (C=O) groups excluding carboxylic acids is 2. The molecule has 0 spiro atoms. The summed E-state index contributed by atoms with van der Waals surface area (Å²) in [5, 5.41) is 2.73. The molecular weight excluding hydrogens is 366 g/mol. The van der Waals surface area contributed by atoms with Crippen LogP contribution >= 0.6 is 11.8 Å². The van der Waals surface area contributed by atoms with Gasteiger partial charge in [0.2, 0.25) is 5.91 Å². The molecule has 2 fully saturated rings. The first kappa shape index (κ1) is 19.8. The number of nitrogens with one attached hydrogen (secondary N) is 1. The molecule has 3 atom stereocenters. The summed E-state index contributed by atoms with van der Waals surface area (Å²) in [7, 11) is 1.59. The number of anilines is 1. The Labute approximate surface area is 163 Å². The van der Waals surface area contributed by atoms with Crippen LogP contribution in [0.25, 0.3) is 0 Å². The lowest BCUT2D eigenvalue weighted by molar-refractivity contribution is -0.133. The predicted octanol–water partition coefficient (Wildman–Crippen LogP) is 2.66. The first-order valence-corrected chi connectivity index (χ1v) is 10.5. The van der Waals surface area contributed by atoms with Crippen molar-refractivity contribution in [3.8, 4) is 5.75 Å². The first-order chi connectivity index (χ1) is 13.1. The number of rotatable bonds is 5. The Balaban J connectivity index is 1.49. The molecule has 1 saturated carbocycles. The average Bonchev–Trinajstić information content (AvgIpc) is 3.22. The van der Waals surface area contributed by atoms with Crippen molar-refractivity contribution in [1.29, 1.82) is 0 Å². The smallest absolute Gasteiger partial charge is 0.411 e. The summed E-state index contributed by atoms with van der Waals surface area (Å²) in [5.41, 5.74) is 6.89. The normalized spacial score (nSPS) is 23.6. The largest absolute Gasteiger partial charge is 0.497 e. The van der Waals surface area contributed by atoms with Gasteiger partial charge < -0.3 is 20.1 Å². The van der Waals surface area contributed by atoms with Gasteiger partial charge in [0.1, 0.15) is 11.9 Å². The van der Waals surface area contributed by atoms with E-state index in [4.69, 9.17) is 15.2 Å². The van der Waals surface area contributed by atoms with Crippen LogP contribution in [0.4, 0.5) is 10.5 Å². The van der Waals surface area contributed by atoms with Crippen molar-refractivity contribution in [1.82, 2.24) is 4.90 Å². The monoisotopic (exact) mass is 393 g/mol. The Bertz CT molecular complexity index is 649. The molecule has 148 valence electrons. The molecular formula is C19H27N3O4S. The Morgan fingerprint density at radius 2 is 2.07 bits per heavy atom. The van der Waals surface area contributed by atoms with E-state index in [0.717, 1.165) is 43.2 Å². The molecule has 0 radical (unpaired) electrons. The molecule has 7 nitrogen and oxygen atoms in total. The van der Waals surface area contributed by atoms with Gasteiger partial charge in [-0.3, -0.25) is 10.1 Å². The number of hydrogen-bond acceptors (Lipinski definition) is 6. The fourth-order valence-corrected chi connectivity index (χ4v) is 4.54. The zero-order chi connectivity index (χ0) is 19.2. The van der Waals surface area contributed by atoms with Crippen LogP contribution < -0.4 is 15.8 Å². The van der Waals surface area contributed by atoms with Gasteiger partial charge in [0.05, 0.1) is 19.0 Å². The van der Waals surface area contributed by atoms with E-state index in [1.807, 2.05) is 4.90 Å². The quantitative estimate of drug-likeness (QED) is 0.799. The maximum atomic E-state index is 12.5. The molecule has 3 rings (SSSR count). The average molecular weight is 394 g/mol. The van der Waals surface area contributed by atoms with Crippen LogP contribution in [0, 0.1) is 5.92 Å². The highest BCUT2D eigenvalue weighted by Crippen LogP contribution is 2.30. The van der Waals surface area contributed by atoms with Gasteiger partial charge in [-0.25, -0.2) is 4.79 Å². The Morgan fingerprint density at radius 1 is 1.30 bits per heavy atom. The summed E-state index contributed by atoms with van der Waals surface area (Å²) in [6.45, 7) is 0.772. The van der Waals surface area contributed by atoms with Gasteiger partial charge >= 0.3 is 6.09 Å². The molecule has 1 heterocycles. The molecule has 1 aromatic rings. The summed E-state index contributed by atoms with van der Waals surface area (Å²) < 4.78 is 10.7. The third kappa shape index (κ3) is 5.29. The SMILES string of the molecule is COc1ccc(NC(=O)O[C@H]2CCC[C@H]([C@H](N)C(=O)N3CCSC3)C2)cc1. The van der Waals surface area contributed by atoms with Gasteiger partial charge in [0.15, 0.2) is 0 Å². The zero-order valence-electron chi connectivity index (χ0n) is 15.6. The minimum atomic E-state index is -0.514. The van der Waals surface area contributed by atoms with Crippen LogP contribution in [0.5, 0.6) is 5.75 Å². The Morgan fingerprint density at radius 3 is 2.74 bits per heavy atom. The Kier molecular flexibility index (Phi) is 6.84. The van der Waals surface area contributed by atoms with Gasteiger partial charge in [-0.05, 0) is 55.9 Å². The van der Waals surface area contributed by atoms with Crippen molar-refractivity contribution >= 4 is 29.4 Å². The van der Waals surface area contributed by atoms with Crippen molar-refractivity contribution in [2.75, 3.05) is 30.6 Å². The highest BCUT2D eigenvalue weighted by Gasteiger charge is 2.34. The molecule has 2 amide bonds. The molecule has 3 N–H and O–H groups in total. The van der Waals surface area contributed by atoms with Crippen LogP contribution in [0.3, 0.4) is 0 Å². The van der Waals surface area contributed by atoms with E-state index in [-0.39, 0.29) is 17.9 Å². The van der Waals surface area contributed by atoms with Gasteiger partial charge in [-0.15, -0.1) is 11.8 Å². The number of benzene rings is 1. The second-order valence-electron chi connectivity index (χ2n) is 6.97. The van der Waals surface area contributed by atoms with E-state index >= 15 is 0 Å². The first-order valence-electron chi connectivity index (χ1n) is 9.30. The van der Waals surface area contributed by atoms with Crippen molar-refractivity contribution in [3.63, 3.8) is 0 Å². The zero-order valence-corrected chi connectivity index (χ0v) is 16.4. The highest BCUT2D eigenvalue weighted by molar-refractivity contribution is 7.99. The highest BCUT2D eigenvalue weighted by atomic mass is 32.2. The van der Waals surface area contributed by atoms with Crippen LogP contribution in [0.1, 0.15) is 25.7 Å². The third-order valence-electron chi connectivity index (χ3n) is 5.13. The number of thioether (sulfide) groups is 1. The van der Waals surface area contributed by atoms with Crippen molar-refractivity contribution in [2.24, 2.45) is 11.7 Å². The number of hydrogen-bond donors (Lipinski definition) is 2. The summed E-state index contributed by atoms with van der Waals surface area (Å²) >= 11 is 1.75. The number of amides is 2. The van der Waals surface area contributed by atoms with Crippen molar-refractivity contribution in [3.05, 3.63) is 24.3 Å². The standard InChI is InChI=1S/C19H27N3O4S/c1-25-15-7-5-14(6-8-15)21-19(24)26-16-4-2-3-13(11-16)17(20)18(23)22-9-10-27-12-22/h5-8,13,16-17H,2-4,9-12,20H2,1H3,(H,21,24)/t13-,16-,17-/m0/s1. The number of nitrogens with zero attached hydrogens (tertiary/aromatic N) is 1. The lowest BCUT2D eigenvalue weighted by Gasteiger charge is -2.33. The molecule has 0 aromatic heterocycles. The summed E-state index contributed by atoms with van der Waals surface area (Å²) in [4.78, 5) is 26.5. The van der Waals surface area contributed by atoms with Crippen LogP contribution in [0.15, 0.2) is 24.3 Å². The second-order valence-corrected chi connectivity index (χ2v) is 8.05. The second kappa shape index (κ2) is 9.32. The molecule has 1 saturated heterocycles. The van der Waals surface area contributed by atoms with Crippen molar-refractivity contribution in [2.45, 2.75) is 37.8 Å². The fraction of sp³-hybridized carbons (Fsp3) is 0.579. The van der Waals surface area contributed by atoms with E-state index in [9.17, 15) is 9.59 Å². The molecule has 0 bridgehead atoms. The molecule has 1 aliphatic heterocycles. The van der Waals surface area contributed by atoms with E-state index in [2.05, 4.69) is 5.32 Å². The molecule has 0 unspecified atom stereocenters. The number of nitrogens with two attached hydrogens (primary N) is 1. The maximum absolute atomic E-state index is 12.5. The number of ether oxygens (including phenoxy) is 2. The number of methoxy groups -OCH3 is 1. The van der Waals surface area contributed by atoms with Gasteiger partial charge in [-0.1, -0.05) is 0 Å². The number of carbonyl (C=O) groups is 2. The Hall–Kier alpha value is -1.93. The van der Waals surface area contributed by atoms with Crippen molar-refractivity contribution < 1.29 is 19.1 Å². The molecule has 8 heteroatoms. The minimum Gasteiger partial charge on any atom is -0.497 e.